The molecule has 1 aromatic heterocycles. The average Bonchev–Trinajstić information content (AvgIpc) is 2.69. The number of ether oxygens (including phenoxy) is 1. The maximum Gasteiger partial charge on any atom is 0.310 e. The van der Waals surface area contributed by atoms with E-state index in [2.05, 4.69) is 0 Å². The van der Waals surface area contributed by atoms with Crippen molar-refractivity contribution in [1.82, 2.24) is 4.57 Å². The van der Waals surface area contributed by atoms with E-state index >= 15 is 0 Å². The zero-order valence-corrected chi connectivity index (χ0v) is 11.8. The van der Waals surface area contributed by atoms with Crippen molar-refractivity contribution in [3.8, 4) is 0 Å². The summed E-state index contributed by atoms with van der Waals surface area (Å²) in [4.78, 5) is 11.5. The Morgan fingerprint density at radius 1 is 1.47 bits per heavy atom. The fourth-order valence-electron chi connectivity index (χ4n) is 2.19. The molecule has 0 unspecified atom stereocenters. The first-order valence-corrected chi connectivity index (χ1v) is 6.49. The molecule has 1 aromatic carbocycles. The van der Waals surface area contributed by atoms with Gasteiger partial charge in [-0.1, -0.05) is 11.6 Å². The SMILES string of the molecule is COC(=O)Cc1cn(CCN)c2cc(Cl)c(C)cc12. The molecular formula is C14H17ClN2O2. The maximum atomic E-state index is 11.5. The van der Waals surface area contributed by atoms with Crippen LogP contribution in [-0.2, 0) is 22.5 Å². The van der Waals surface area contributed by atoms with Crippen LogP contribution in [0.1, 0.15) is 11.1 Å². The van der Waals surface area contributed by atoms with Crippen LogP contribution in [0, 0.1) is 6.92 Å². The topological polar surface area (TPSA) is 57.2 Å². The van der Waals surface area contributed by atoms with Crippen LogP contribution in [0.25, 0.3) is 10.9 Å². The molecule has 2 N–H and O–H groups in total. The van der Waals surface area contributed by atoms with Crippen molar-refractivity contribution in [1.29, 1.82) is 0 Å². The number of carbonyl (C=O) groups excluding carboxylic acids is 1. The first kappa shape index (κ1) is 13.9. The Bertz CT molecular complexity index is 619. The molecule has 2 rings (SSSR count). The van der Waals surface area contributed by atoms with Gasteiger partial charge in [0.15, 0.2) is 0 Å². The lowest BCUT2D eigenvalue weighted by Gasteiger charge is -2.04. The molecule has 0 saturated carbocycles. The Kier molecular flexibility index (Phi) is 4.12. The third-order valence-corrected chi connectivity index (χ3v) is 3.58. The Hall–Kier alpha value is -1.52. The summed E-state index contributed by atoms with van der Waals surface area (Å²) < 4.78 is 6.75. The minimum absolute atomic E-state index is 0.251. The molecule has 0 radical (unpaired) electrons. The fourth-order valence-corrected chi connectivity index (χ4v) is 2.34. The van der Waals surface area contributed by atoms with Crippen molar-refractivity contribution in [2.45, 2.75) is 19.9 Å². The summed E-state index contributed by atoms with van der Waals surface area (Å²) in [6.45, 7) is 3.17. The smallest absolute Gasteiger partial charge is 0.310 e. The molecule has 0 aliphatic rings. The predicted molar refractivity (Wildman–Crippen MR) is 76.5 cm³/mol. The fraction of sp³-hybridized carbons (Fsp3) is 0.357. The standard InChI is InChI=1S/C14H17ClN2O2/c1-9-5-11-10(6-14(18)19-2)8-17(4-3-16)13(11)7-12(9)15/h5,7-8H,3-4,6,16H2,1-2H3. The van der Waals surface area contributed by atoms with Gasteiger partial charge in [0.25, 0.3) is 0 Å². The number of aryl methyl sites for hydroxylation is 1. The lowest BCUT2D eigenvalue weighted by molar-refractivity contribution is -0.139. The number of esters is 1. The lowest BCUT2D eigenvalue weighted by Crippen LogP contribution is -2.09. The molecule has 0 bridgehead atoms. The molecule has 1 heterocycles. The predicted octanol–water partition coefficient (Wildman–Crippen LogP) is 2.28. The Labute approximate surface area is 117 Å². The molecule has 19 heavy (non-hydrogen) atoms. The van der Waals surface area contributed by atoms with Gasteiger partial charge in [-0.2, -0.15) is 0 Å². The van der Waals surface area contributed by atoms with E-state index in [1.54, 1.807) is 0 Å². The second kappa shape index (κ2) is 5.63. The highest BCUT2D eigenvalue weighted by atomic mass is 35.5. The van der Waals surface area contributed by atoms with Gasteiger partial charge >= 0.3 is 5.97 Å². The molecule has 0 aliphatic carbocycles. The quantitative estimate of drug-likeness (QED) is 0.874. The summed E-state index contributed by atoms with van der Waals surface area (Å²) in [5.74, 6) is -0.251. The van der Waals surface area contributed by atoms with Crippen LogP contribution in [0.15, 0.2) is 18.3 Å². The Morgan fingerprint density at radius 2 is 2.21 bits per heavy atom. The third kappa shape index (κ3) is 2.74. The number of fused-ring (bicyclic) bond motifs is 1. The summed E-state index contributed by atoms with van der Waals surface area (Å²) in [6.07, 6.45) is 2.20. The summed E-state index contributed by atoms with van der Waals surface area (Å²) in [5.41, 5.74) is 8.54. The number of nitrogens with zero attached hydrogens (tertiary/aromatic N) is 1. The van der Waals surface area contributed by atoms with Gasteiger partial charge in [0.2, 0.25) is 0 Å². The number of aromatic nitrogens is 1. The highest BCUT2D eigenvalue weighted by molar-refractivity contribution is 6.32. The van der Waals surface area contributed by atoms with Gasteiger partial charge in [-0.25, -0.2) is 0 Å². The first-order chi connectivity index (χ1) is 9.06. The summed E-state index contributed by atoms with van der Waals surface area (Å²) in [5, 5.41) is 1.74. The first-order valence-electron chi connectivity index (χ1n) is 6.11. The number of halogens is 1. The molecule has 0 spiro atoms. The molecule has 0 aliphatic heterocycles. The van der Waals surface area contributed by atoms with Crippen LogP contribution in [0.4, 0.5) is 0 Å². The van der Waals surface area contributed by atoms with Crippen LogP contribution >= 0.6 is 11.6 Å². The molecular weight excluding hydrogens is 264 g/mol. The molecule has 2 aromatic rings. The van der Waals surface area contributed by atoms with E-state index in [-0.39, 0.29) is 12.4 Å². The van der Waals surface area contributed by atoms with E-state index in [9.17, 15) is 4.79 Å². The van der Waals surface area contributed by atoms with Gasteiger partial charge < -0.3 is 15.0 Å². The van der Waals surface area contributed by atoms with Crippen LogP contribution < -0.4 is 5.73 Å². The molecule has 4 nitrogen and oxygen atoms in total. The largest absolute Gasteiger partial charge is 0.469 e. The normalized spacial score (nSPS) is 10.9. The van der Waals surface area contributed by atoms with Crippen molar-refractivity contribution in [2.75, 3.05) is 13.7 Å². The number of methoxy groups -OCH3 is 1. The zero-order chi connectivity index (χ0) is 14.0. The number of carbonyl (C=O) groups is 1. The van der Waals surface area contributed by atoms with Gasteiger partial charge in [0.1, 0.15) is 0 Å². The van der Waals surface area contributed by atoms with E-state index in [1.807, 2.05) is 29.8 Å². The Balaban J connectivity index is 2.57. The zero-order valence-electron chi connectivity index (χ0n) is 11.1. The molecule has 0 atom stereocenters. The Morgan fingerprint density at radius 3 is 2.84 bits per heavy atom. The summed E-state index contributed by atoms with van der Waals surface area (Å²) >= 11 is 6.17. The van der Waals surface area contributed by atoms with Crippen molar-refractivity contribution >= 4 is 28.5 Å². The third-order valence-electron chi connectivity index (χ3n) is 3.18. The van der Waals surface area contributed by atoms with E-state index < -0.39 is 0 Å². The molecule has 102 valence electrons. The van der Waals surface area contributed by atoms with E-state index in [0.29, 0.717) is 18.1 Å². The lowest BCUT2D eigenvalue weighted by atomic mass is 10.1. The van der Waals surface area contributed by atoms with Crippen molar-refractivity contribution < 1.29 is 9.53 Å². The van der Waals surface area contributed by atoms with Crippen molar-refractivity contribution in [2.24, 2.45) is 5.73 Å². The van der Waals surface area contributed by atoms with Crippen molar-refractivity contribution in [3.63, 3.8) is 0 Å². The number of nitrogens with two attached hydrogens (primary N) is 1. The maximum absolute atomic E-state index is 11.5. The minimum Gasteiger partial charge on any atom is -0.469 e. The van der Waals surface area contributed by atoms with Gasteiger partial charge in [0, 0.05) is 35.2 Å². The van der Waals surface area contributed by atoms with Crippen LogP contribution in [0.5, 0.6) is 0 Å². The van der Waals surface area contributed by atoms with Crippen LogP contribution in [0.2, 0.25) is 5.02 Å². The van der Waals surface area contributed by atoms with Gasteiger partial charge in [-0.3, -0.25) is 4.79 Å². The van der Waals surface area contributed by atoms with E-state index in [0.717, 1.165) is 22.0 Å². The van der Waals surface area contributed by atoms with E-state index in [1.165, 1.54) is 7.11 Å². The van der Waals surface area contributed by atoms with Gasteiger partial charge in [-0.15, -0.1) is 0 Å². The second-order valence-electron chi connectivity index (χ2n) is 4.51. The summed E-state index contributed by atoms with van der Waals surface area (Å²) in [6, 6.07) is 3.92. The molecule has 0 amide bonds. The van der Waals surface area contributed by atoms with Gasteiger partial charge in [-0.05, 0) is 30.2 Å². The second-order valence-corrected chi connectivity index (χ2v) is 4.92. The number of hydrogen-bond acceptors (Lipinski definition) is 3. The number of benzene rings is 1. The molecule has 0 saturated heterocycles. The molecule has 5 heteroatoms. The van der Waals surface area contributed by atoms with Crippen LogP contribution in [-0.4, -0.2) is 24.2 Å². The number of rotatable bonds is 4. The monoisotopic (exact) mass is 280 g/mol. The minimum atomic E-state index is -0.251. The van der Waals surface area contributed by atoms with E-state index in [4.69, 9.17) is 22.1 Å². The van der Waals surface area contributed by atoms with Gasteiger partial charge in [0.05, 0.1) is 13.5 Å². The summed E-state index contributed by atoms with van der Waals surface area (Å²) in [7, 11) is 1.39. The number of hydrogen-bond donors (Lipinski definition) is 1. The average molecular weight is 281 g/mol. The van der Waals surface area contributed by atoms with Crippen LogP contribution in [0.3, 0.4) is 0 Å². The molecule has 0 fully saturated rings. The highest BCUT2D eigenvalue weighted by Crippen LogP contribution is 2.28. The van der Waals surface area contributed by atoms with Crippen molar-refractivity contribution in [3.05, 3.63) is 34.5 Å². The highest BCUT2D eigenvalue weighted by Gasteiger charge is 2.13.